The van der Waals surface area contributed by atoms with Gasteiger partial charge in [-0.05, 0) is 37.7 Å². The van der Waals surface area contributed by atoms with Gasteiger partial charge in [-0.3, -0.25) is 0 Å². The van der Waals surface area contributed by atoms with Crippen LogP contribution in [0.3, 0.4) is 0 Å². The minimum Gasteiger partial charge on any atom is -0.450 e. The molecular weight excluding hydrogens is 278 g/mol. The number of nitrogens with one attached hydrogen (secondary N) is 1. The molecule has 2 N–H and O–H groups in total. The second-order valence-corrected chi connectivity index (χ2v) is 4.00. The minimum atomic E-state index is -0.338. The van der Waals surface area contributed by atoms with Crippen molar-refractivity contribution in [1.29, 1.82) is 0 Å². The van der Waals surface area contributed by atoms with Crippen LogP contribution >= 0.6 is 0 Å². The summed E-state index contributed by atoms with van der Waals surface area (Å²) in [6.07, 6.45) is 1.42. The van der Waals surface area contributed by atoms with Crippen molar-refractivity contribution in [3.05, 3.63) is 35.9 Å². The fourth-order valence-electron chi connectivity index (χ4n) is 1.37. The fourth-order valence-corrected chi connectivity index (χ4v) is 1.37. The molecule has 0 saturated carbocycles. The van der Waals surface area contributed by atoms with E-state index < -0.39 is 0 Å². The van der Waals surface area contributed by atoms with Gasteiger partial charge in [-0.1, -0.05) is 42.2 Å². The standard InChI is InChI=1S/C13H12O.C5H11NO2/c14-12-8-3-1-2-5-9-13-10-6-4-7-11-13;1-3-6-5(7)8-4-2/h4,6-7,10-11,14H,5,9,12H2;3-4H2,1-2H3,(H,6,7). The number of rotatable bonds is 4. The molecule has 0 aliphatic heterocycles. The third-order valence-electron chi connectivity index (χ3n) is 2.30. The number of hydrogen-bond donors (Lipinski definition) is 2. The highest BCUT2D eigenvalue weighted by Crippen LogP contribution is 2.00. The van der Waals surface area contributed by atoms with Crippen molar-refractivity contribution in [2.75, 3.05) is 19.8 Å². The first kappa shape index (κ1) is 19.6. The molecule has 1 aromatic rings. The van der Waals surface area contributed by atoms with Gasteiger partial charge in [-0.25, -0.2) is 4.79 Å². The zero-order valence-electron chi connectivity index (χ0n) is 13.2. The van der Waals surface area contributed by atoms with Gasteiger partial charge in [0.1, 0.15) is 6.61 Å². The Balaban J connectivity index is 0.000000472. The van der Waals surface area contributed by atoms with Gasteiger partial charge in [0, 0.05) is 13.0 Å². The van der Waals surface area contributed by atoms with Gasteiger partial charge >= 0.3 is 6.09 Å². The first-order valence-corrected chi connectivity index (χ1v) is 7.25. The summed E-state index contributed by atoms with van der Waals surface area (Å²) in [6, 6.07) is 10.2. The number of carbonyl (C=O) groups is 1. The molecule has 0 aliphatic rings. The van der Waals surface area contributed by atoms with E-state index in [4.69, 9.17) is 5.11 Å². The number of ether oxygens (including phenoxy) is 1. The quantitative estimate of drug-likeness (QED) is 0.839. The Morgan fingerprint density at radius 2 is 1.86 bits per heavy atom. The predicted molar refractivity (Wildman–Crippen MR) is 88.1 cm³/mol. The maximum Gasteiger partial charge on any atom is 0.407 e. The molecule has 0 fully saturated rings. The van der Waals surface area contributed by atoms with Crippen LogP contribution in [0.15, 0.2) is 30.3 Å². The molecule has 1 rings (SSSR count). The lowest BCUT2D eigenvalue weighted by Crippen LogP contribution is -2.23. The molecule has 4 heteroatoms. The number of benzene rings is 1. The highest BCUT2D eigenvalue weighted by Gasteiger charge is 1.92. The maximum atomic E-state index is 10.3. The van der Waals surface area contributed by atoms with Crippen LogP contribution in [-0.2, 0) is 11.2 Å². The van der Waals surface area contributed by atoms with Crippen LogP contribution in [0, 0.1) is 23.7 Å². The molecule has 0 bridgehead atoms. The molecule has 0 aromatic heterocycles. The van der Waals surface area contributed by atoms with E-state index in [1.54, 1.807) is 6.92 Å². The van der Waals surface area contributed by atoms with Crippen LogP contribution in [0.2, 0.25) is 0 Å². The monoisotopic (exact) mass is 301 g/mol. The summed E-state index contributed by atoms with van der Waals surface area (Å²) in [5, 5.41) is 10.8. The molecule has 0 atom stereocenters. The summed E-state index contributed by atoms with van der Waals surface area (Å²) in [5.41, 5.74) is 1.29. The number of hydrogen-bond acceptors (Lipinski definition) is 3. The topological polar surface area (TPSA) is 58.6 Å². The molecule has 0 heterocycles. The van der Waals surface area contributed by atoms with E-state index in [2.05, 4.69) is 45.9 Å². The number of aryl methyl sites for hydroxylation is 1. The smallest absolute Gasteiger partial charge is 0.407 e. The summed E-state index contributed by atoms with van der Waals surface area (Å²) in [7, 11) is 0. The van der Waals surface area contributed by atoms with Gasteiger partial charge < -0.3 is 15.2 Å². The van der Waals surface area contributed by atoms with Crippen molar-refractivity contribution < 1.29 is 14.6 Å². The van der Waals surface area contributed by atoms with E-state index in [0.717, 1.165) is 12.8 Å². The van der Waals surface area contributed by atoms with Gasteiger partial charge in [-0.15, -0.1) is 0 Å². The number of amides is 1. The van der Waals surface area contributed by atoms with Crippen molar-refractivity contribution in [2.45, 2.75) is 26.7 Å². The Kier molecular flexibility index (Phi) is 13.3. The van der Waals surface area contributed by atoms with Gasteiger partial charge in [0.2, 0.25) is 0 Å². The van der Waals surface area contributed by atoms with E-state index in [0.29, 0.717) is 13.2 Å². The number of aliphatic hydroxyl groups is 1. The maximum absolute atomic E-state index is 10.3. The van der Waals surface area contributed by atoms with Crippen molar-refractivity contribution in [3.8, 4) is 23.7 Å². The van der Waals surface area contributed by atoms with Crippen molar-refractivity contribution in [2.24, 2.45) is 0 Å². The summed E-state index contributed by atoms with van der Waals surface area (Å²) in [5.74, 6) is 10.7. The summed E-state index contributed by atoms with van der Waals surface area (Å²) >= 11 is 0. The molecule has 0 aliphatic carbocycles. The molecular formula is C18H23NO3. The van der Waals surface area contributed by atoms with E-state index >= 15 is 0 Å². The second-order valence-electron chi connectivity index (χ2n) is 4.00. The van der Waals surface area contributed by atoms with Gasteiger partial charge in [0.15, 0.2) is 0 Å². The van der Waals surface area contributed by atoms with E-state index in [1.165, 1.54) is 5.56 Å². The Labute approximate surface area is 132 Å². The van der Waals surface area contributed by atoms with Crippen LogP contribution < -0.4 is 5.32 Å². The Hall–Kier alpha value is -2.43. The van der Waals surface area contributed by atoms with Crippen molar-refractivity contribution in [3.63, 3.8) is 0 Å². The molecule has 1 aromatic carbocycles. The third-order valence-corrected chi connectivity index (χ3v) is 2.30. The average molecular weight is 301 g/mol. The number of aliphatic hydroxyl groups excluding tert-OH is 1. The Morgan fingerprint density at radius 1 is 1.18 bits per heavy atom. The molecule has 0 saturated heterocycles. The van der Waals surface area contributed by atoms with Gasteiger partial charge in [-0.2, -0.15) is 0 Å². The fraction of sp³-hybridized carbons (Fsp3) is 0.389. The third kappa shape index (κ3) is 12.6. The highest BCUT2D eigenvalue weighted by atomic mass is 16.5. The van der Waals surface area contributed by atoms with Crippen LogP contribution in [0.1, 0.15) is 25.8 Å². The summed E-state index contributed by atoms with van der Waals surface area (Å²) in [4.78, 5) is 10.3. The van der Waals surface area contributed by atoms with E-state index in [9.17, 15) is 4.79 Å². The zero-order chi connectivity index (χ0) is 16.5. The molecule has 0 spiro atoms. The van der Waals surface area contributed by atoms with Crippen LogP contribution in [-0.4, -0.2) is 31.0 Å². The summed E-state index contributed by atoms with van der Waals surface area (Å²) in [6.45, 7) is 4.56. The molecule has 0 radical (unpaired) electrons. The number of alkyl carbamates (subject to hydrolysis) is 1. The molecule has 22 heavy (non-hydrogen) atoms. The average Bonchev–Trinajstić information content (AvgIpc) is 2.53. The van der Waals surface area contributed by atoms with E-state index in [1.807, 2.05) is 25.1 Å². The normalized spacial score (nSPS) is 8.14. The molecule has 0 unspecified atom stereocenters. The van der Waals surface area contributed by atoms with Gasteiger partial charge in [0.25, 0.3) is 0 Å². The molecule has 118 valence electrons. The molecule has 1 amide bonds. The lowest BCUT2D eigenvalue weighted by Gasteiger charge is -1.99. The SMILES string of the molecule is CCNC(=O)OCC.OCC#CC#CCCc1ccccc1. The second kappa shape index (κ2) is 15.0. The minimum absolute atomic E-state index is 0.118. The molecule has 4 nitrogen and oxygen atoms in total. The van der Waals surface area contributed by atoms with Crippen LogP contribution in [0.5, 0.6) is 0 Å². The van der Waals surface area contributed by atoms with Gasteiger partial charge in [0.05, 0.1) is 6.61 Å². The highest BCUT2D eigenvalue weighted by molar-refractivity contribution is 5.66. The summed E-state index contributed by atoms with van der Waals surface area (Å²) < 4.78 is 4.53. The van der Waals surface area contributed by atoms with Crippen molar-refractivity contribution >= 4 is 6.09 Å². The van der Waals surface area contributed by atoms with E-state index in [-0.39, 0.29) is 12.7 Å². The lowest BCUT2D eigenvalue weighted by atomic mass is 10.1. The Bertz CT molecular complexity index is 510. The number of carbonyl (C=O) groups excluding carboxylic acids is 1. The lowest BCUT2D eigenvalue weighted by molar-refractivity contribution is 0.153. The first-order chi connectivity index (χ1) is 10.7. The van der Waals surface area contributed by atoms with Crippen molar-refractivity contribution in [1.82, 2.24) is 5.32 Å². The van der Waals surface area contributed by atoms with Crippen LogP contribution in [0.25, 0.3) is 0 Å². The van der Waals surface area contributed by atoms with Crippen LogP contribution in [0.4, 0.5) is 4.79 Å². The first-order valence-electron chi connectivity index (χ1n) is 7.25. The predicted octanol–water partition coefficient (Wildman–Crippen LogP) is 2.37. The largest absolute Gasteiger partial charge is 0.450 e. The zero-order valence-corrected chi connectivity index (χ0v) is 13.2. The Morgan fingerprint density at radius 3 is 2.45 bits per heavy atom.